The number of aliphatic hydroxyl groups excluding tert-OH is 1. The Bertz CT molecular complexity index is 2240. The Labute approximate surface area is 595 Å². The summed E-state index contributed by atoms with van der Waals surface area (Å²) in [5.74, 6) is -2.24. The van der Waals surface area contributed by atoms with Gasteiger partial charge >= 0.3 is 39.5 Å². The lowest BCUT2D eigenvalue weighted by Crippen LogP contribution is -2.30. The van der Waals surface area contributed by atoms with Crippen molar-refractivity contribution in [1.29, 1.82) is 0 Å². The number of hydrogen-bond donors (Lipinski definition) is 3. The van der Waals surface area contributed by atoms with Crippen molar-refractivity contribution in [3.05, 3.63) is 97.2 Å². The summed E-state index contributed by atoms with van der Waals surface area (Å²) in [5, 5.41) is 10.6. The van der Waals surface area contributed by atoms with E-state index in [1.807, 2.05) is 12.2 Å². The van der Waals surface area contributed by atoms with Crippen LogP contribution in [0.2, 0.25) is 0 Å². The fourth-order valence-corrected chi connectivity index (χ4v) is 11.9. The number of rotatable bonds is 72. The number of aliphatic hydroxyl groups is 1. The molecule has 3 N–H and O–H groups in total. The van der Waals surface area contributed by atoms with Crippen LogP contribution in [0.15, 0.2) is 97.2 Å². The number of hydrogen-bond acceptors (Lipinski definition) is 15. The van der Waals surface area contributed by atoms with E-state index in [1.165, 1.54) is 103 Å². The van der Waals surface area contributed by atoms with E-state index in [2.05, 4.69) is 113 Å². The quantitative estimate of drug-likeness (QED) is 0.0169. The molecule has 566 valence electrons. The lowest BCUT2D eigenvalue weighted by atomic mass is 10.0. The molecule has 0 aromatic heterocycles. The second-order valence-electron chi connectivity index (χ2n) is 25.5. The van der Waals surface area contributed by atoms with Crippen LogP contribution in [0.4, 0.5) is 0 Å². The Kier molecular flexibility index (Phi) is 68.4. The van der Waals surface area contributed by atoms with E-state index in [1.54, 1.807) is 0 Å². The van der Waals surface area contributed by atoms with Crippen molar-refractivity contribution in [2.24, 2.45) is 0 Å². The van der Waals surface area contributed by atoms with Gasteiger partial charge in [-0.25, -0.2) is 9.13 Å². The van der Waals surface area contributed by atoms with Gasteiger partial charge in [0.15, 0.2) is 12.2 Å². The SMILES string of the molecule is CC/C=C\C/C=C\C/C=C\C/C=C\C/C=C\CCCC(=O)OCC(COP(=O)(O)OCC(O)COP(=O)(O)OCC(COC(=O)CCCCCCC/C=C\C/C=C\C/C=C\CC)OC(=O)CCCCCCCCCCCCCCC)OC(=O)CCCCCCCCCCCCCCC. The van der Waals surface area contributed by atoms with Crippen LogP contribution < -0.4 is 0 Å². The van der Waals surface area contributed by atoms with Gasteiger partial charge in [0.2, 0.25) is 0 Å². The normalized spacial score (nSPS) is 14.5. The standard InChI is InChI=1S/C79H138O17P2/c1-5-9-13-17-21-25-29-33-35-36-38-42-44-48-52-56-60-64-77(82)90-70-75(96-79(84)66-62-58-54-50-46-40-32-28-24-20-16-12-8-4)72-94-98(87,88)92-68-73(80)67-91-97(85,86)93-71-74(95-78(83)65-61-57-53-49-45-39-31-27-23-19-15-11-7-3)69-89-76(81)63-59-55-51-47-43-41-37-34-30-26-22-18-14-10-6-2/h9-10,13-14,21-22,25-26,33-35,37-38,42,48,52,73-75,80H,5-8,11-12,15-20,23-24,27-32,36,39-41,43-47,49-51,53-72H2,1-4H3,(H,85,86)(H,87,88)/b13-9-,14-10-,25-21-,26-22-,35-33-,37-34-,42-38-,52-48-. The molecule has 0 heterocycles. The fraction of sp³-hybridized carbons (Fsp3) is 0.747. The Balaban J connectivity index is 5.38. The molecule has 5 unspecified atom stereocenters. The van der Waals surface area contributed by atoms with Gasteiger partial charge in [-0.2, -0.15) is 0 Å². The number of carbonyl (C=O) groups is 4. The molecule has 0 saturated carbocycles. The second kappa shape index (κ2) is 71.4. The Hall–Kier alpha value is -4.02. The summed E-state index contributed by atoms with van der Waals surface area (Å²) in [6, 6.07) is 0. The van der Waals surface area contributed by atoms with Gasteiger partial charge in [-0.15, -0.1) is 0 Å². The molecule has 5 atom stereocenters. The van der Waals surface area contributed by atoms with Crippen LogP contribution in [-0.4, -0.2) is 96.7 Å². The van der Waals surface area contributed by atoms with Gasteiger partial charge in [-0.05, 0) is 96.3 Å². The smallest absolute Gasteiger partial charge is 0.462 e. The highest BCUT2D eigenvalue weighted by Gasteiger charge is 2.30. The largest absolute Gasteiger partial charge is 0.472 e. The van der Waals surface area contributed by atoms with Gasteiger partial charge in [0.1, 0.15) is 19.3 Å². The maximum atomic E-state index is 13.1. The van der Waals surface area contributed by atoms with Crippen LogP contribution in [-0.2, 0) is 65.4 Å². The van der Waals surface area contributed by atoms with E-state index >= 15 is 0 Å². The number of ether oxygens (including phenoxy) is 4. The molecule has 0 saturated heterocycles. The van der Waals surface area contributed by atoms with Crippen molar-refractivity contribution in [3.63, 3.8) is 0 Å². The highest BCUT2D eigenvalue weighted by molar-refractivity contribution is 7.47. The molecule has 0 rings (SSSR count). The second-order valence-corrected chi connectivity index (χ2v) is 28.5. The summed E-state index contributed by atoms with van der Waals surface area (Å²) in [5.41, 5.74) is 0. The van der Waals surface area contributed by atoms with Crippen molar-refractivity contribution >= 4 is 39.5 Å². The van der Waals surface area contributed by atoms with Crippen molar-refractivity contribution in [2.75, 3.05) is 39.6 Å². The van der Waals surface area contributed by atoms with Crippen molar-refractivity contribution in [2.45, 2.75) is 341 Å². The third kappa shape index (κ3) is 70.4. The van der Waals surface area contributed by atoms with Crippen LogP contribution in [0.5, 0.6) is 0 Å². The summed E-state index contributed by atoms with van der Waals surface area (Å²) >= 11 is 0. The fourth-order valence-electron chi connectivity index (χ4n) is 10.3. The van der Waals surface area contributed by atoms with E-state index in [9.17, 15) is 43.2 Å². The average Bonchev–Trinajstić information content (AvgIpc) is 0.969. The highest BCUT2D eigenvalue weighted by atomic mass is 31.2. The molecule has 17 nitrogen and oxygen atoms in total. The van der Waals surface area contributed by atoms with Crippen molar-refractivity contribution in [1.82, 2.24) is 0 Å². The molecule has 19 heteroatoms. The van der Waals surface area contributed by atoms with Crippen LogP contribution in [0, 0.1) is 0 Å². The number of unbranched alkanes of at least 4 members (excludes halogenated alkanes) is 30. The van der Waals surface area contributed by atoms with Gasteiger partial charge in [0.25, 0.3) is 0 Å². The van der Waals surface area contributed by atoms with E-state index in [4.69, 9.17) is 37.0 Å². The minimum absolute atomic E-state index is 0.0850. The third-order valence-corrected chi connectivity index (χ3v) is 18.0. The molecule has 0 radical (unpaired) electrons. The van der Waals surface area contributed by atoms with Crippen molar-refractivity contribution < 1.29 is 80.2 Å². The number of carbonyl (C=O) groups excluding carboxylic acids is 4. The molecule has 0 aromatic carbocycles. The Morgan fingerprint density at radius 1 is 0.296 bits per heavy atom. The van der Waals surface area contributed by atoms with Gasteiger partial charge in [-0.3, -0.25) is 37.3 Å². The van der Waals surface area contributed by atoms with E-state index in [-0.39, 0.29) is 25.7 Å². The minimum Gasteiger partial charge on any atom is -0.462 e. The molecular weight excluding hydrogens is 1280 g/mol. The number of esters is 4. The summed E-state index contributed by atoms with van der Waals surface area (Å²) in [6.45, 7) is 4.60. The van der Waals surface area contributed by atoms with Crippen LogP contribution in [0.3, 0.4) is 0 Å². The maximum Gasteiger partial charge on any atom is 0.472 e. The molecule has 0 aliphatic carbocycles. The lowest BCUT2D eigenvalue weighted by Gasteiger charge is -2.21. The summed E-state index contributed by atoms with van der Waals surface area (Å²) in [7, 11) is -9.96. The van der Waals surface area contributed by atoms with Gasteiger partial charge < -0.3 is 33.8 Å². The molecular formula is C79H138O17P2. The van der Waals surface area contributed by atoms with Gasteiger partial charge in [-0.1, -0.05) is 298 Å². The molecule has 98 heavy (non-hydrogen) atoms. The average molecular weight is 1420 g/mol. The predicted octanol–water partition coefficient (Wildman–Crippen LogP) is 22.0. The minimum atomic E-state index is -4.98. The first-order valence-electron chi connectivity index (χ1n) is 38.5. The molecule has 0 spiro atoms. The Morgan fingerprint density at radius 2 is 0.541 bits per heavy atom. The zero-order valence-electron chi connectivity index (χ0n) is 61.7. The molecule has 0 aliphatic rings. The topological polar surface area (TPSA) is 237 Å². The molecule has 0 aromatic rings. The zero-order valence-corrected chi connectivity index (χ0v) is 63.5. The summed E-state index contributed by atoms with van der Waals surface area (Å²) < 4.78 is 68.4. The predicted molar refractivity (Wildman–Crippen MR) is 399 cm³/mol. The zero-order chi connectivity index (χ0) is 71.8. The Morgan fingerprint density at radius 3 is 0.857 bits per heavy atom. The molecule has 0 bridgehead atoms. The number of allylic oxidation sites excluding steroid dienone is 16. The first-order chi connectivity index (χ1) is 47.7. The third-order valence-electron chi connectivity index (χ3n) is 16.1. The van der Waals surface area contributed by atoms with Gasteiger partial charge in [0.05, 0.1) is 26.4 Å². The number of phosphoric ester groups is 2. The molecule has 0 aliphatic heterocycles. The van der Waals surface area contributed by atoms with E-state index in [0.29, 0.717) is 32.1 Å². The summed E-state index contributed by atoms with van der Waals surface area (Å²) in [6.07, 6.45) is 74.0. The monoisotopic (exact) mass is 1420 g/mol. The van der Waals surface area contributed by atoms with E-state index < -0.39 is 97.5 Å². The van der Waals surface area contributed by atoms with Gasteiger partial charge in [0, 0.05) is 25.7 Å². The van der Waals surface area contributed by atoms with Crippen molar-refractivity contribution in [3.8, 4) is 0 Å². The molecule has 0 amide bonds. The van der Waals surface area contributed by atoms with Crippen LogP contribution in [0.1, 0.15) is 323 Å². The highest BCUT2D eigenvalue weighted by Crippen LogP contribution is 2.45. The first-order valence-corrected chi connectivity index (χ1v) is 41.5. The van der Waals surface area contributed by atoms with Crippen LogP contribution in [0.25, 0.3) is 0 Å². The maximum absolute atomic E-state index is 13.1. The van der Waals surface area contributed by atoms with E-state index in [0.717, 1.165) is 135 Å². The van der Waals surface area contributed by atoms with Crippen LogP contribution >= 0.6 is 15.6 Å². The lowest BCUT2D eigenvalue weighted by molar-refractivity contribution is -0.161. The molecule has 0 fully saturated rings. The summed E-state index contributed by atoms with van der Waals surface area (Å²) in [4.78, 5) is 72.8. The number of phosphoric acid groups is 2. The first kappa shape index (κ1) is 94.0.